The Balaban J connectivity index is 1.23. The Morgan fingerprint density at radius 1 is 0.793 bits per heavy atom. The number of likely N-dealkylation sites (tertiary alicyclic amines) is 2. The molecule has 0 saturated carbocycles. The molecule has 0 aromatic heterocycles. The fourth-order valence-corrected chi connectivity index (χ4v) is 5.31. The maximum absolute atomic E-state index is 13.1. The minimum Gasteiger partial charge on any atom is -0.341 e. The zero-order valence-electron chi connectivity index (χ0n) is 16.8. The van der Waals surface area contributed by atoms with Gasteiger partial charge in [-0.2, -0.15) is 0 Å². The van der Waals surface area contributed by atoms with Crippen molar-refractivity contribution in [2.75, 3.05) is 26.2 Å². The Kier molecular flexibility index (Phi) is 5.00. The lowest BCUT2D eigenvalue weighted by Gasteiger charge is -2.35. The number of carbonyl (C=O) groups is 2. The molecule has 29 heavy (non-hydrogen) atoms. The summed E-state index contributed by atoms with van der Waals surface area (Å²) in [6, 6.07) is 15.0. The smallest absolute Gasteiger partial charge is 0.254 e. The summed E-state index contributed by atoms with van der Waals surface area (Å²) in [6.45, 7) is 3.06. The quantitative estimate of drug-likeness (QED) is 0.856. The zero-order valence-corrected chi connectivity index (χ0v) is 16.8. The Hall–Kier alpha value is -2.40. The predicted octanol–water partition coefficient (Wildman–Crippen LogP) is 3.04. The van der Waals surface area contributed by atoms with Gasteiger partial charge in [-0.25, -0.2) is 0 Å². The van der Waals surface area contributed by atoms with Crippen molar-refractivity contribution >= 4 is 22.6 Å². The average Bonchev–Trinajstić information content (AvgIpc) is 3.11. The van der Waals surface area contributed by atoms with Crippen LogP contribution in [0.1, 0.15) is 42.5 Å². The van der Waals surface area contributed by atoms with Crippen molar-refractivity contribution in [1.82, 2.24) is 15.1 Å². The first kappa shape index (κ1) is 18.6. The van der Waals surface area contributed by atoms with Crippen molar-refractivity contribution in [2.24, 2.45) is 5.92 Å². The molecular formula is C24H29N3O2. The Bertz CT molecular complexity index is 914. The van der Waals surface area contributed by atoms with Crippen LogP contribution in [-0.4, -0.2) is 59.9 Å². The van der Waals surface area contributed by atoms with E-state index in [4.69, 9.17) is 0 Å². The highest BCUT2D eigenvalue weighted by atomic mass is 16.2. The third-order valence-electron chi connectivity index (χ3n) is 6.99. The zero-order chi connectivity index (χ0) is 19.8. The van der Waals surface area contributed by atoms with Gasteiger partial charge in [-0.3, -0.25) is 9.59 Å². The lowest BCUT2D eigenvalue weighted by molar-refractivity contribution is -0.137. The van der Waals surface area contributed by atoms with Gasteiger partial charge in [0.25, 0.3) is 5.91 Å². The molecule has 2 unspecified atom stereocenters. The molecule has 3 saturated heterocycles. The number of rotatable bonds is 2. The van der Waals surface area contributed by atoms with E-state index < -0.39 is 0 Å². The standard InChI is InChI=1S/C24H29N3O2/c28-23(27-15-12-19-8-9-20(16-27)25-19)18-10-13-26(14-11-18)24(29)22-7-3-5-17-4-1-2-6-21(17)22/h1-7,18-20,25H,8-16H2. The first-order valence-corrected chi connectivity index (χ1v) is 11.0. The maximum Gasteiger partial charge on any atom is 0.254 e. The van der Waals surface area contributed by atoms with Crippen molar-refractivity contribution in [3.05, 3.63) is 48.0 Å². The van der Waals surface area contributed by atoms with Crippen molar-refractivity contribution in [2.45, 2.75) is 44.2 Å². The van der Waals surface area contributed by atoms with E-state index in [1.165, 1.54) is 12.8 Å². The molecule has 2 bridgehead atoms. The molecule has 2 atom stereocenters. The molecule has 0 radical (unpaired) electrons. The first-order valence-electron chi connectivity index (χ1n) is 11.0. The van der Waals surface area contributed by atoms with Gasteiger partial charge in [-0.05, 0) is 48.9 Å². The van der Waals surface area contributed by atoms with Crippen LogP contribution < -0.4 is 5.32 Å². The van der Waals surface area contributed by atoms with Gasteiger partial charge in [-0.1, -0.05) is 36.4 Å². The average molecular weight is 392 g/mol. The number of benzene rings is 2. The summed E-state index contributed by atoms with van der Waals surface area (Å²) in [5.41, 5.74) is 0.766. The van der Waals surface area contributed by atoms with Crippen LogP contribution in [0.4, 0.5) is 0 Å². The van der Waals surface area contributed by atoms with Gasteiger partial charge in [0.15, 0.2) is 0 Å². The second-order valence-corrected chi connectivity index (χ2v) is 8.80. The summed E-state index contributed by atoms with van der Waals surface area (Å²) in [5, 5.41) is 5.74. The van der Waals surface area contributed by atoms with E-state index >= 15 is 0 Å². The normalized spacial score (nSPS) is 25.2. The van der Waals surface area contributed by atoms with Crippen LogP contribution in [0, 0.1) is 5.92 Å². The van der Waals surface area contributed by atoms with Gasteiger partial charge in [0.1, 0.15) is 0 Å². The van der Waals surface area contributed by atoms with Crippen molar-refractivity contribution in [1.29, 1.82) is 0 Å². The number of amides is 2. The molecule has 5 heteroatoms. The van der Waals surface area contributed by atoms with Gasteiger partial charge >= 0.3 is 0 Å². The summed E-state index contributed by atoms with van der Waals surface area (Å²) in [5.74, 6) is 0.448. The molecule has 3 heterocycles. The summed E-state index contributed by atoms with van der Waals surface area (Å²) >= 11 is 0. The highest BCUT2D eigenvalue weighted by Gasteiger charge is 2.35. The molecule has 3 aliphatic heterocycles. The van der Waals surface area contributed by atoms with E-state index in [2.05, 4.69) is 10.2 Å². The summed E-state index contributed by atoms with van der Waals surface area (Å²) in [7, 11) is 0. The van der Waals surface area contributed by atoms with Crippen molar-refractivity contribution in [3.8, 4) is 0 Å². The van der Waals surface area contributed by atoms with Crippen LogP contribution in [0.25, 0.3) is 10.8 Å². The van der Waals surface area contributed by atoms with Crippen molar-refractivity contribution < 1.29 is 9.59 Å². The van der Waals surface area contributed by atoms with E-state index in [1.807, 2.05) is 47.4 Å². The maximum atomic E-state index is 13.1. The molecule has 3 aliphatic rings. The van der Waals surface area contributed by atoms with Gasteiger partial charge < -0.3 is 15.1 Å². The third-order valence-corrected chi connectivity index (χ3v) is 6.99. The third kappa shape index (κ3) is 3.64. The van der Waals surface area contributed by atoms with E-state index in [0.29, 0.717) is 31.1 Å². The van der Waals surface area contributed by atoms with E-state index in [-0.39, 0.29) is 11.8 Å². The minimum absolute atomic E-state index is 0.0585. The molecule has 2 aromatic carbocycles. The fourth-order valence-electron chi connectivity index (χ4n) is 5.31. The monoisotopic (exact) mass is 391 g/mol. The second-order valence-electron chi connectivity index (χ2n) is 8.80. The second kappa shape index (κ2) is 7.79. The van der Waals surface area contributed by atoms with E-state index in [1.54, 1.807) is 0 Å². The molecule has 152 valence electrons. The SMILES string of the molecule is O=C(c1cccc2ccccc12)N1CCC(C(=O)N2CCC3CCC(C2)N3)CC1. The van der Waals surface area contributed by atoms with E-state index in [9.17, 15) is 9.59 Å². The largest absolute Gasteiger partial charge is 0.341 e. The Morgan fingerprint density at radius 2 is 1.52 bits per heavy atom. The summed E-state index contributed by atoms with van der Waals surface area (Å²) in [6.07, 6.45) is 5.05. The highest BCUT2D eigenvalue weighted by Crippen LogP contribution is 2.27. The summed E-state index contributed by atoms with van der Waals surface area (Å²) in [4.78, 5) is 30.3. The van der Waals surface area contributed by atoms with Crippen LogP contribution in [0.2, 0.25) is 0 Å². The van der Waals surface area contributed by atoms with Crippen molar-refractivity contribution in [3.63, 3.8) is 0 Å². The minimum atomic E-state index is 0.0585. The van der Waals surface area contributed by atoms with Crippen LogP contribution in [0.5, 0.6) is 0 Å². The van der Waals surface area contributed by atoms with Crippen LogP contribution in [0.15, 0.2) is 42.5 Å². The molecular weight excluding hydrogens is 362 g/mol. The molecule has 2 amide bonds. The number of carbonyl (C=O) groups excluding carboxylic acids is 2. The Labute approximate surface area is 172 Å². The molecule has 2 aromatic rings. The lowest BCUT2D eigenvalue weighted by Crippen LogP contribution is -2.46. The van der Waals surface area contributed by atoms with Gasteiger partial charge in [0.05, 0.1) is 0 Å². The van der Waals surface area contributed by atoms with Gasteiger partial charge in [-0.15, -0.1) is 0 Å². The number of hydrogen-bond acceptors (Lipinski definition) is 3. The lowest BCUT2D eigenvalue weighted by atomic mass is 9.93. The molecule has 0 aliphatic carbocycles. The summed E-state index contributed by atoms with van der Waals surface area (Å²) < 4.78 is 0. The van der Waals surface area contributed by atoms with Gasteiger partial charge in [0.2, 0.25) is 5.91 Å². The highest BCUT2D eigenvalue weighted by molar-refractivity contribution is 6.07. The number of nitrogens with zero attached hydrogens (tertiary/aromatic N) is 2. The van der Waals surface area contributed by atoms with Crippen LogP contribution in [0.3, 0.4) is 0 Å². The van der Waals surface area contributed by atoms with E-state index in [0.717, 1.165) is 48.7 Å². The first-order chi connectivity index (χ1) is 14.2. The molecule has 1 N–H and O–H groups in total. The number of hydrogen-bond donors (Lipinski definition) is 1. The molecule has 5 nitrogen and oxygen atoms in total. The molecule has 3 fully saturated rings. The fraction of sp³-hybridized carbons (Fsp3) is 0.500. The predicted molar refractivity (Wildman–Crippen MR) is 114 cm³/mol. The van der Waals surface area contributed by atoms with Gasteiger partial charge in [0, 0.05) is 49.7 Å². The molecule has 0 spiro atoms. The van der Waals surface area contributed by atoms with Crippen LogP contribution in [-0.2, 0) is 4.79 Å². The van der Waals surface area contributed by atoms with Crippen LogP contribution >= 0.6 is 0 Å². The number of nitrogens with one attached hydrogen (secondary N) is 1. The Morgan fingerprint density at radius 3 is 2.38 bits per heavy atom. The number of fused-ring (bicyclic) bond motifs is 3. The molecule has 5 rings (SSSR count). The topological polar surface area (TPSA) is 52.7 Å². The number of piperidine rings is 1.